The van der Waals surface area contributed by atoms with Crippen molar-refractivity contribution in [1.29, 1.82) is 0 Å². The van der Waals surface area contributed by atoms with Crippen LogP contribution in [-0.4, -0.2) is 0 Å². The molecule has 7 aromatic carbocycles. The molecule has 0 bridgehead atoms. The molecule has 2 heterocycles. The summed E-state index contributed by atoms with van der Waals surface area (Å²) < 4.78 is 1.37. The first-order valence-corrected chi connectivity index (χ1v) is 18.5. The number of rotatable bonds is 5. The lowest BCUT2D eigenvalue weighted by Crippen LogP contribution is -2.18. The zero-order valence-corrected chi connectivity index (χ0v) is 29.5. The summed E-state index contributed by atoms with van der Waals surface area (Å²) in [5, 5.41) is 1.37. The minimum absolute atomic E-state index is 0.0698. The van der Waals surface area contributed by atoms with Crippen molar-refractivity contribution in [1.82, 2.24) is 0 Å². The largest absolute Gasteiger partial charge is 0.310 e. The van der Waals surface area contributed by atoms with Crippen molar-refractivity contribution in [2.75, 3.05) is 9.80 Å². The molecule has 0 saturated carbocycles. The van der Waals surface area contributed by atoms with Crippen molar-refractivity contribution in [2.24, 2.45) is 0 Å². The van der Waals surface area contributed by atoms with E-state index in [-0.39, 0.29) is 5.41 Å². The molecular formula is C48H36N2S. The molecule has 0 atom stereocenters. The van der Waals surface area contributed by atoms with Crippen molar-refractivity contribution < 1.29 is 0 Å². The van der Waals surface area contributed by atoms with E-state index < -0.39 is 0 Å². The molecule has 0 radical (unpaired) electrons. The Morgan fingerprint density at radius 3 is 2.02 bits per heavy atom. The molecule has 0 amide bonds. The van der Waals surface area contributed by atoms with Gasteiger partial charge in [-0.2, -0.15) is 0 Å². The molecule has 3 heteroatoms. The summed E-state index contributed by atoms with van der Waals surface area (Å²) in [6.45, 7) is 4.77. The predicted octanol–water partition coefficient (Wildman–Crippen LogP) is 13.7. The average Bonchev–Trinajstić information content (AvgIpc) is 3.67. The van der Waals surface area contributed by atoms with Crippen LogP contribution < -0.4 is 9.80 Å². The van der Waals surface area contributed by atoms with Crippen molar-refractivity contribution in [2.45, 2.75) is 25.7 Å². The van der Waals surface area contributed by atoms with E-state index >= 15 is 0 Å². The van der Waals surface area contributed by atoms with Crippen molar-refractivity contribution in [3.05, 3.63) is 191 Å². The highest BCUT2D eigenvalue weighted by molar-refractivity contribution is 7.20. The molecule has 1 aliphatic carbocycles. The first kappa shape index (κ1) is 30.0. The fraction of sp³-hybridized carbons (Fsp3) is 0.0833. The third kappa shape index (κ3) is 4.76. The molecule has 0 unspecified atom stereocenters. The summed E-state index contributed by atoms with van der Waals surface area (Å²) in [7, 11) is 0. The Kier molecular flexibility index (Phi) is 6.81. The minimum Gasteiger partial charge on any atom is -0.310 e. The van der Waals surface area contributed by atoms with Crippen molar-refractivity contribution in [3.8, 4) is 22.3 Å². The Morgan fingerprint density at radius 2 is 1.20 bits per heavy atom. The number of nitrogens with zero attached hydrogens (tertiary/aromatic N) is 2. The second-order valence-corrected chi connectivity index (χ2v) is 15.2. The van der Waals surface area contributed by atoms with Gasteiger partial charge in [-0.3, -0.25) is 0 Å². The van der Waals surface area contributed by atoms with Gasteiger partial charge >= 0.3 is 0 Å². The fourth-order valence-corrected chi connectivity index (χ4v) is 9.64. The van der Waals surface area contributed by atoms with Crippen LogP contribution in [0, 0.1) is 0 Å². The van der Waals surface area contributed by atoms with Crippen LogP contribution in [0.25, 0.3) is 32.3 Å². The quantitative estimate of drug-likeness (QED) is 0.180. The summed E-state index contributed by atoms with van der Waals surface area (Å²) in [5.41, 5.74) is 16.4. The maximum atomic E-state index is 2.43. The highest BCUT2D eigenvalue weighted by Gasteiger charge is 2.39. The van der Waals surface area contributed by atoms with Crippen molar-refractivity contribution >= 4 is 55.5 Å². The van der Waals surface area contributed by atoms with Crippen LogP contribution in [0.15, 0.2) is 170 Å². The first-order chi connectivity index (χ1) is 25.0. The number of thiophene rings is 1. The fourth-order valence-electron chi connectivity index (χ4n) is 8.30. The van der Waals surface area contributed by atoms with E-state index in [0.717, 1.165) is 17.8 Å². The smallest absolute Gasteiger partial charge is 0.0497 e. The number of hydrogen-bond donors (Lipinski definition) is 0. The lowest BCUT2D eigenvalue weighted by molar-refractivity contribution is 0.674. The Labute approximate surface area is 303 Å². The zero-order chi connectivity index (χ0) is 34.1. The van der Waals surface area contributed by atoms with Crippen LogP contribution in [0.5, 0.6) is 0 Å². The number of hydrogen-bond acceptors (Lipinski definition) is 3. The lowest BCUT2D eigenvalue weighted by Gasteiger charge is -2.33. The van der Waals surface area contributed by atoms with Gasteiger partial charge in [0.05, 0.1) is 0 Å². The van der Waals surface area contributed by atoms with E-state index in [0.29, 0.717) is 0 Å². The topological polar surface area (TPSA) is 6.48 Å². The Morgan fingerprint density at radius 1 is 0.549 bits per heavy atom. The molecule has 10 rings (SSSR count). The third-order valence-corrected chi connectivity index (χ3v) is 12.3. The summed E-state index contributed by atoms with van der Waals surface area (Å²) >= 11 is 1.94. The average molecular weight is 673 g/mol. The third-order valence-electron chi connectivity index (χ3n) is 10.8. The van der Waals surface area contributed by atoms with Gasteiger partial charge in [-0.1, -0.05) is 111 Å². The summed E-state index contributed by atoms with van der Waals surface area (Å²) in [5.74, 6) is 0. The van der Waals surface area contributed by atoms with Gasteiger partial charge in [0.1, 0.15) is 0 Å². The lowest BCUT2D eigenvalue weighted by atomic mass is 9.86. The highest BCUT2D eigenvalue weighted by atomic mass is 32.1. The summed E-state index contributed by atoms with van der Waals surface area (Å²) in [6.07, 6.45) is 0.916. The zero-order valence-electron chi connectivity index (χ0n) is 28.7. The number of benzene rings is 7. The molecule has 244 valence electrons. The van der Waals surface area contributed by atoms with E-state index in [9.17, 15) is 0 Å². The Hall–Kier alpha value is -5.90. The van der Waals surface area contributed by atoms with E-state index in [4.69, 9.17) is 0 Å². The number of fused-ring (bicyclic) bond motifs is 7. The molecule has 1 aliphatic heterocycles. The molecule has 0 saturated heterocycles. The van der Waals surface area contributed by atoms with Crippen LogP contribution in [-0.2, 0) is 11.8 Å². The minimum atomic E-state index is -0.0698. The maximum Gasteiger partial charge on any atom is 0.0497 e. The second kappa shape index (κ2) is 11.6. The highest BCUT2D eigenvalue weighted by Crippen LogP contribution is 2.56. The van der Waals surface area contributed by atoms with Gasteiger partial charge in [0.2, 0.25) is 0 Å². The van der Waals surface area contributed by atoms with E-state index in [2.05, 4.69) is 194 Å². The van der Waals surface area contributed by atoms with Crippen LogP contribution in [0.2, 0.25) is 0 Å². The molecule has 2 aliphatic rings. The van der Waals surface area contributed by atoms with Crippen LogP contribution in [0.3, 0.4) is 0 Å². The van der Waals surface area contributed by atoms with Crippen molar-refractivity contribution in [3.63, 3.8) is 0 Å². The SMILES string of the molecule is CC1(C)c2cc(N(c3ccccc3)c3ccc(-c4ccc5c(c4)Cc4ccccc4N5c4ccccc4)cc3)ccc2-c2c1sc1ccccc21. The van der Waals surface area contributed by atoms with Crippen LogP contribution >= 0.6 is 11.3 Å². The number of anilines is 6. The Bertz CT molecular complexity index is 2580. The van der Waals surface area contributed by atoms with E-state index in [1.165, 1.54) is 76.7 Å². The standard InChI is InChI=1S/C48H36N2S/c1-48(2)42-31-39(26-27-40(42)46-41-18-10-12-20-45(41)51-47(46)48)49(36-14-5-3-6-15-36)38-24-21-32(22-25-38)33-23-28-44-35(29-33)30-34-13-9-11-19-43(34)50(44)37-16-7-4-8-17-37/h3-29,31H,30H2,1-2H3. The number of para-hydroxylation sites is 3. The summed E-state index contributed by atoms with van der Waals surface area (Å²) in [6, 6.07) is 62.2. The van der Waals surface area contributed by atoms with Gasteiger partial charge in [0.25, 0.3) is 0 Å². The van der Waals surface area contributed by atoms with Gasteiger partial charge < -0.3 is 9.80 Å². The van der Waals surface area contributed by atoms with E-state index in [1.54, 1.807) is 0 Å². The summed E-state index contributed by atoms with van der Waals surface area (Å²) in [4.78, 5) is 6.26. The van der Waals surface area contributed by atoms with Gasteiger partial charge in [-0.05, 0) is 106 Å². The van der Waals surface area contributed by atoms with E-state index in [1.807, 2.05) is 11.3 Å². The Balaban J connectivity index is 1.03. The van der Waals surface area contributed by atoms with Gasteiger partial charge in [0.15, 0.2) is 0 Å². The molecule has 0 spiro atoms. The molecule has 0 N–H and O–H groups in total. The molecule has 2 nitrogen and oxygen atoms in total. The second-order valence-electron chi connectivity index (χ2n) is 14.2. The van der Waals surface area contributed by atoms with Gasteiger partial charge in [-0.25, -0.2) is 0 Å². The van der Waals surface area contributed by atoms with Gasteiger partial charge in [-0.15, -0.1) is 11.3 Å². The molecule has 8 aromatic rings. The van der Waals surface area contributed by atoms with Crippen LogP contribution in [0.4, 0.5) is 34.1 Å². The molecule has 51 heavy (non-hydrogen) atoms. The van der Waals surface area contributed by atoms with Gasteiger partial charge in [0, 0.05) is 66.5 Å². The maximum absolute atomic E-state index is 2.43. The molecule has 0 fully saturated rings. The predicted molar refractivity (Wildman–Crippen MR) is 217 cm³/mol. The first-order valence-electron chi connectivity index (χ1n) is 17.7. The monoisotopic (exact) mass is 672 g/mol. The molecular weight excluding hydrogens is 637 g/mol. The molecule has 1 aromatic heterocycles. The normalized spacial score (nSPS) is 13.7. The van der Waals surface area contributed by atoms with Crippen LogP contribution in [0.1, 0.15) is 35.4 Å².